The zero-order valence-corrected chi connectivity index (χ0v) is 16.3. The van der Waals surface area contributed by atoms with Gasteiger partial charge in [-0.15, -0.1) is 0 Å². The molecule has 0 unspecified atom stereocenters. The second-order valence-corrected chi connectivity index (χ2v) is 8.44. The number of rotatable bonds is 6. The number of thiocarbonyl (C=S) groups is 1. The van der Waals surface area contributed by atoms with E-state index in [0.29, 0.717) is 0 Å². The van der Waals surface area contributed by atoms with E-state index in [-0.39, 0.29) is 0 Å². The van der Waals surface area contributed by atoms with Gasteiger partial charge in [-0.1, -0.05) is 36.4 Å². The van der Waals surface area contributed by atoms with Gasteiger partial charge in [0.1, 0.15) is 0 Å². The van der Waals surface area contributed by atoms with E-state index in [1.54, 1.807) is 0 Å². The molecule has 0 atom stereocenters. The summed E-state index contributed by atoms with van der Waals surface area (Å²) < 4.78 is 5.16. The van der Waals surface area contributed by atoms with Crippen LogP contribution >= 0.6 is 20.4 Å². The Hall–Kier alpha value is -1.84. The highest BCUT2D eigenvalue weighted by atomic mass is 32.1. The first kappa shape index (κ1) is 18.0. The summed E-state index contributed by atoms with van der Waals surface area (Å²) in [6, 6.07) is 21.6. The predicted octanol–water partition coefficient (Wildman–Crippen LogP) is 3.81. The standard InChI is InChI=1S/C19H25N4PS/c1-20-19(25)21-13-8-16-24-22(17-9-4-2-5-10-17)14-15-23(24)18-11-6-3-7-12-18/h2-7,9-12H,8,13-16H2,1H3,(H2,20,21,25). The molecular weight excluding hydrogens is 347 g/mol. The molecule has 2 N–H and O–H groups in total. The molecule has 0 aliphatic carbocycles. The van der Waals surface area contributed by atoms with Crippen molar-refractivity contribution in [2.75, 3.05) is 42.2 Å². The van der Waals surface area contributed by atoms with E-state index in [9.17, 15) is 0 Å². The van der Waals surface area contributed by atoms with Gasteiger partial charge >= 0.3 is 0 Å². The van der Waals surface area contributed by atoms with Crippen LogP contribution in [0.5, 0.6) is 0 Å². The van der Waals surface area contributed by atoms with Crippen molar-refractivity contribution in [3.05, 3.63) is 60.7 Å². The molecule has 0 bridgehead atoms. The van der Waals surface area contributed by atoms with E-state index >= 15 is 0 Å². The van der Waals surface area contributed by atoms with Gasteiger partial charge < -0.3 is 20.0 Å². The van der Waals surface area contributed by atoms with Crippen molar-refractivity contribution in [2.24, 2.45) is 0 Å². The van der Waals surface area contributed by atoms with Crippen LogP contribution in [0.3, 0.4) is 0 Å². The highest BCUT2D eigenvalue weighted by Gasteiger charge is 2.32. The molecule has 0 radical (unpaired) electrons. The molecule has 132 valence electrons. The Morgan fingerprint density at radius 1 is 0.960 bits per heavy atom. The van der Waals surface area contributed by atoms with Crippen LogP contribution in [0, 0.1) is 0 Å². The average molecular weight is 372 g/mol. The summed E-state index contributed by atoms with van der Waals surface area (Å²) in [5, 5.41) is 6.95. The molecule has 25 heavy (non-hydrogen) atoms. The summed E-state index contributed by atoms with van der Waals surface area (Å²) in [5.41, 5.74) is 2.65. The lowest BCUT2D eigenvalue weighted by atomic mass is 10.3. The molecule has 1 aliphatic heterocycles. The summed E-state index contributed by atoms with van der Waals surface area (Å²) in [5.74, 6) is 0. The van der Waals surface area contributed by atoms with Gasteiger partial charge in [0.25, 0.3) is 0 Å². The zero-order chi connectivity index (χ0) is 17.5. The van der Waals surface area contributed by atoms with Crippen LogP contribution < -0.4 is 20.0 Å². The van der Waals surface area contributed by atoms with Crippen LogP contribution in [0.2, 0.25) is 0 Å². The second-order valence-electron chi connectivity index (χ2n) is 5.87. The second kappa shape index (κ2) is 9.02. The minimum atomic E-state index is -0.397. The third kappa shape index (κ3) is 4.62. The summed E-state index contributed by atoms with van der Waals surface area (Å²) in [7, 11) is 1.46. The van der Waals surface area contributed by atoms with Gasteiger partial charge in [-0.25, -0.2) is 0 Å². The lowest BCUT2D eigenvalue weighted by Crippen LogP contribution is -2.33. The first-order valence-electron chi connectivity index (χ1n) is 8.67. The predicted molar refractivity (Wildman–Crippen MR) is 114 cm³/mol. The number of hydrogen-bond acceptors (Lipinski definition) is 3. The van der Waals surface area contributed by atoms with E-state index < -0.39 is 8.22 Å². The molecule has 6 heteroatoms. The van der Waals surface area contributed by atoms with Crippen molar-refractivity contribution in [2.45, 2.75) is 6.42 Å². The third-order valence-corrected chi connectivity index (χ3v) is 7.28. The van der Waals surface area contributed by atoms with E-state index in [2.05, 4.69) is 80.6 Å². The van der Waals surface area contributed by atoms with Crippen LogP contribution in [0.4, 0.5) is 11.4 Å². The van der Waals surface area contributed by atoms with Gasteiger partial charge in [0, 0.05) is 44.2 Å². The van der Waals surface area contributed by atoms with E-state index in [1.165, 1.54) is 11.4 Å². The van der Waals surface area contributed by atoms with Gasteiger partial charge in [-0.2, -0.15) is 0 Å². The fraction of sp³-hybridized carbons (Fsp3) is 0.316. The van der Waals surface area contributed by atoms with Crippen LogP contribution in [-0.4, -0.2) is 38.0 Å². The lowest BCUT2D eigenvalue weighted by Gasteiger charge is -2.32. The monoisotopic (exact) mass is 372 g/mol. The zero-order valence-electron chi connectivity index (χ0n) is 14.6. The van der Waals surface area contributed by atoms with Crippen molar-refractivity contribution in [1.82, 2.24) is 10.6 Å². The Kier molecular flexibility index (Phi) is 6.48. The molecule has 2 aromatic rings. The first-order valence-corrected chi connectivity index (χ1v) is 10.5. The van der Waals surface area contributed by atoms with Gasteiger partial charge in [-0.05, 0) is 42.9 Å². The number of nitrogens with one attached hydrogen (secondary N) is 2. The maximum atomic E-state index is 5.17. The number of benzene rings is 2. The summed E-state index contributed by atoms with van der Waals surface area (Å²) in [6.07, 6.45) is 2.25. The fourth-order valence-electron chi connectivity index (χ4n) is 3.03. The van der Waals surface area contributed by atoms with Crippen LogP contribution in [0.15, 0.2) is 60.7 Å². The van der Waals surface area contributed by atoms with Crippen LogP contribution in [0.1, 0.15) is 6.42 Å². The van der Waals surface area contributed by atoms with Crippen molar-refractivity contribution >= 4 is 36.9 Å². The average Bonchev–Trinajstić information content (AvgIpc) is 3.10. The molecule has 0 aromatic heterocycles. The SMILES string of the molecule is CNC(=S)NCCCP1N(c2ccccc2)CCN1c1ccccc1. The number of anilines is 2. The Labute approximate surface area is 157 Å². The van der Waals surface area contributed by atoms with Gasteiger partial charge in [0.2, 0.25) is 0 Å². The summed E-state index contributed by atoms with van der Waals surface area (Å²) in [6.45, 7) is 3.06. The van der Waals surface area contributed by atoms with Gasteiger partial charge in [-0.3, -0.25) is 0 Å². The topological polar surface area (TPSA) is 30.5 Å². The van der Waals surface area contributed by atoms with Crippen molar-refractivity contribution in [3.8, 4) is 0 Å². The van der Waals surface area contributed by atoms with Gasteiger partial charge in [0.15, 0.2) is 5.11 Å². The van der Waals surface area contributed by atoms with Crippen LogP contribution in [-0.2, 0) is 0 Å². The maximum absolute atomic E-state index is 5.17. The summed E-state index contributed by atoms with van der Waals surface area (Å²) >= 11 is 5.17. The largest absolute Gasteiger partial charge is 0.366 e. The van der Waals surface area contributed by atoms with E-state index in [1.807, 2.05) is 7.05 Å². The molecule has 1 aliphatic rings. The summed E-state index contributed by atoms with van der Waals surface area (Å²) in [4.78, 5) is 0. The molecule has 4 nitrogen and oxygen atoms in total. The maximum Gasteiger partial charge on any atom is 0.166 e. The number of para-hydroxylation sites is 2. The molecule has 0 amide bonds. The van der Waals surface area contributed by atoms with Crippen molar-refractivity contribution in [3.63, 3.8) is 0 Å². The molecular formula is C19H25N4PS. The van der Waals surface area contributed by atoms with Crippen molar-refractivity contribution in [1.29, 1.82) is 0 Å². The molecule has 2 aromatic carbocycles. The minimum Gasteiger partial charge on any atom is -0.366 e. The Balaban J connectivity index is 1.71. The quantitative estimate of drug-likeness (QED) is 0.457. The molecule has 1 fully saturated rings. The molecule has 1 saturated heterocycles. The van der Waals surface area contributed by atoms with E-state index in [4.69, 9.17) is 12.2 Å². The number of hydrogen-bond donors (Lipinski definition) is 2. The Morgan fingerprint density at radius 3 is 1.96 bits per heavy atom. The third-order valence-electron chi connectivity index (χ3n) is 4.24. The van der Waals surface area contributed by atoms with Gasteiger partial charge in [0.05, 0.1) is 8.22 Å². The smallest absolute Gasteiger partial charge is 0.166 e. The highest BCUT2D eigenvalue weighted by Crippen LogP contribution is 2.53. The number of nitrogens with zero attached hydrogens (tertiary/aromatic N) is 2. The Morgan fingerprint density at radius 2 is 1.48 bits per heavy atom. The molecule has 1 heterocycles. The van der Waals surface area contributed by atoms with Crippen LogP contribution in [0.25, 0.3) is 0 Å². The lowest BCUT2D eigenvalue weighted by molar-refractivity contribution is 0.830. The molecule has 0 saturated carbocycles. The normalized spacial score (nSPS) is 14.6. The van der Waals surface area contributed by atoms with Crippen molar-refractivity contribution < 1.29 is 0 Å². The Bertz CT molecular complexity index is 620. The van der Waals surface area contributed by atoms with E-state index in [0.717, 1.165) is 37.3 Å². The highest BCUT2D eigenvalue weighted by molar-refractivity contribution is 7.80. The molecule has 3 rings (SSSR count). The first-order chi connectivity index (χ1) is 12.3. The fourth-order valence-corrected chi connectivity index (χ4v) is 5.75. The minimum absolute atomic E-state index is 0.397. The molecule has 0 spiro atoms.